The molecule has 18 heavy (non-hydrogen) atoms. The molecular formula is C16H23NO. The predicted octanol–water partition coefficient (Wildman–Crippen LogP) is 3.38. The van der Waals surface area contributed by atoms with Gasteiger partial charge >= 0.3 is 0 Å². The molecule has 1 fully saturated rings. The number of carbonyl (C=O) groups excluding carboxylic acids is 1. The van der Waals surface area contributed by atoms with E-state index < -0.39 is 0 Å². The summed E-state index contributed by atoms with van der Waals surface area (Å²) < 4.78 is 0. The first-order valence-electron chi connectivity index (χ1n) is 7.07. The van der Waals surface area contributed by atoms with Gasteiger partial charge in [-0.3, -0.25) is 4.79 Å². The lowest BCUT2D eigenvalue weighted by molar-refractivity contribution is 0.0895. The molecule has 1 N–H and O–H groups in total. The Bertz CT molecular complexity index is 390. The van der Waals surface area contributed by atoms with E-state index in [-0.39, 0.29) is 5.92 Å². The van der Waals surface area contributed by atoms with Crippen molar-refractivity contribution in [2.45, 2.75) is 39.0 Å². The molecule has 0 spiro atoms. The predicted molar refractivity (Wildman–Crippen MR) is 75.1 cm³/mol. The molecule has 0 bridgehead atoms. The zero-order valence-electron chi connectivity index (χ0n) is 11.4. The summed E-state index contributed by atoms with van der Waals surface area (Å²) in [5.74, 6) is 1.13. The second-order valence-corrected chi connectivity index (χ2v) is 5.32. The Morgan fingerprint density at radius 1 is 1.28 bits per heavy atom. The molecule has 98 valence electrons. The van der Waals surface area contributed by atoms with E-state index in [1.807, 2.05) is 12.1 Å². The fourth-order valence-corrected chi connectivity index (χ4v) is 2.53. The smallest absolute Gasteiger partial charge is 0.166 e. The largest absolute Gasteiger partial charge is 0.317 e. The van der Waals surface area contributed by atoms with E-state index in [1.165, 1.54) is 5.56 Å². The highest BCUT2D eigenvalue weighted by Gasteiger charge is 2.22. The molecule has 0 saturated carbocycles. The number of nitrogens with one attached hydrogen (secondary N) is 1. The Labute approximate surface area is 110 Å². The van der Waals surface area contributed by atoms with Crippen LogP contribution in [0.2, 0.25) is 0 Å². The Balaban J connectivity index is 2.06. The Kier molecular flexibility index (Phi) is 4.54. The van der Waals surface area contributed by atoms with Crippen molar-refractivity contribution in [3.05, 3.63) is 35.4 Å². The fourth-order valence-electron chi connectivity index (χ4n) is 2.53. The average molecular weight is 245 g/mol. The Morgan fingerprint density at radius 3 is 2.44 bits per heavy atom. The summed E-state index contributed by atoms with van der Waals surface area (Å²) in [5, 5.41) is 3.30. The van der Waals surface area contributed by atoms with Crippen molar-refractivity contribution in [2.24, 2.45) is 5.92 Å². The van der Waals surface area contributed by atoms with Gasteiger partial charge in [0.25, 0.3) is 0 Å². The Morgan fingerprint density at radius 2 is 1.89 bits per heavy atom. The monoisotopic (exact) mass is 245 g/mol. The van der Waals surface area contributed by atoms with Crippen molar-refractivity contribution in [1.82, 2.24) is 5.32 Å². The molecule has 1 saturated heterocycles. The van der Waals surface area contributed by atoms with Crippen molar-refractivity contribution >= 4 is 5.78 Å². The zero-order chi connectivity index (χ0) is 13.0. The first-order chi connectivity index (χ1) is 8.72. The van der Waals surface area contributed by atoms with Crippen LogP contribution in [0.4, 0.5) is 0 Å². The lowest BCUT2D eigenvalue weighted by atomic mass is 9.88. The second kappa shape index (κ2) is 6.14. The molecule has 0 aromatic heterocycles. The van der Waals surface area contributed by atoms with Crippen LogP contribution in [0.15, 0.2) is 24.3 Å². The maximum Gasteiger partial charge on any atom is 0.166 e. The van der Waals surface area contributed by atoms with Gasteiger partial charge in [-0.15, -0.1) is 0 Å². The number of Topliss-reactive ketones (excluding diaryl/α,β-unsaturated/α-hetero) is 1. The molecule has 1 aliphatic rings. The number of carbonyl (C=O) groups is 1. The zero-order valence-corrected chi connectivity index (χ0v) is 11.4. The number of rotatable bonds is 4. The van der Waals surface area contributed by atoms with Gasteiger partial charge in [0.2, 0.25) is 0 Å². The first kappa shape index (κ1) is 13.3. The lowest BCUT2D eigenvalue weighted by Gasteiger charge is -2.21. The van der Waals surface area contributed by atoms with Crippen LogP contribution in [0.3, 0.4) is 0 Å². The van der Waals surface area contributed by atoms with Crippen molar-refractivity contribution in [1.29, 1.82) is 0 Å². The van der Waals surface area contributed by atoms with Gasteiger partial charge in [-0.1, -0.05) is 38.1 Å². The highest BCUT2D eigenvalue weighted by Crippen LogP contribution is 2.22. The molecule has 0 radical (unpaired) electrons. The van der Waals surface area contributed by atoms with Crippen molar-refractivity contribution in [3.8, 4) is 0 Å². The van der Waals surface area contributed by atoms with Crippen LogP contribution >= 0.6 is 0 Å². The average Bonchev–Trinajstić information content (AvgIpc) is 2.47. The van der Waals surface area contributed by atoms with Crippen LogP contribution < -0.4 is 5.32 Å². The van der Waals surface area contributed by atoms with E-state index in [0.717, 1.165) is 37.9 Å². The van der Waals surface area contributed by atoms with E-state index in [4.69, 9.17) is 0 Å². The van der Waals surface area contributed by atoms with Gasteiger partial charge in [0.1, 0.15) is 0 Å². The first-order valence-corrected chi connectivity index (χ1v) is 7.07. The van der Waals surface area contributed by atoms with E-state index >= 15 is 0 Å². The third kappa shape index (κ3) is 2.99. The van der Waals surface area contributed by atoms with E-state index in [2.05, 4.69) is 31.3 Å². The summed E-state index contributed by atoms with van der Waals surface area (Å²) >= 11 is 0. The SMILES string of the molecule is CCC(C)c1ccc(C(=O)C2CCNCC2)cc1. The molecule has 1 aliphatic heterocycles. The van der Waals surface area contributed by atoms with Crippen LogP contribution in [0.25, 0.3) is 0 Å². The normalized spacial score (nSPS) is 18.6. The number of piperidine rings is 1. The third-order valence-electron chi connectivity index (χ3n) is 4.09. The van der Waals surface area contributed by atoms with Gasteiger partial charge < -0.3 is 5.32 Å². The Hall–Kier alpha value is -1.15. The molecule has 2 nitrogen and oxygen atoms in total. The molecule has 2 heteroatoms. The summed E-state index contributed by atoms with van der Waals surface area (Å²) in [5.41, 5.74) is 2.22. The van der Waals surface area contributed by atoms with E-state index in [0.29, 0.717) is 11.7 Å². The minimum absolute atomic E-state index is 0.223. The van der Waals surface area contributed by atoms with Crippen LogP contribution in [0.5, 0.6) is 0 Å². The van der Waals surface area contributed by atoms with Gasteiger partial charge in [-0.05, 0) is 43.8 Å². The highest BCUT2D eigenvalue weighted by molar-refractivity contribution is 5.97. The van der Waals surface area contributed by atoms with Crippen LogP contribution in [0, 0.1) is 5.92 Å². The second-order valence-electron chi connectivity index (χ2n) is 5.32. The van der Waals surface area contributed by atoms with Crippen molar-refractivity contribution in [2.75, 3.05) is 13.1 Å². The standard InChI is InChI=1S/C16H23NO/c1-3-12(2)13-4-6-14(7-5-13)16(18)15-8-10-17-11-9-15/h4-7,12,15,17H,3,8-11H2,1-2H3. The topological polar surface area (TPSA) is 29.1 Å². The van der Waals surface area contributed by atoms with E-state index in [1.54, 1.807) is 0 Å². The molecule has 0 amide bonds. The fraction of sp³-hybridized carbons (Fsp3) is 0.562. The quantitative estimate of drug-likeness (QED) is 0.824. The third-order valence-corrected chi connectivity index (χ3v) is 4.09. The molecule has 2 rings (SSSR count). The molecule has 1 aromatic carbocycles. The summed E-state index contributed by atoms with van der Waals surface area (Å²) in [6, 6.07) is 8.24. The number of hydrogen-bond donors (Lipinski definition) is 1. The summed E-state index contributed by atoms with van der Waals surface area (Å²) in [6.07, 6.45) is 3.10. The lowest BCUT2D eigenvalue weighted by Crippen LogP contribution is -2.31. The van der Waals surface area contributed by atoms with Crippen LogP contribution in [-0.2, 0) is 0 Å². The molecule has 1 heterocycles. The van der Waals surface area contributed by atoms with Gasteiger partial charge in [-0.2, -0.15) is 0 Å². The van der Waals surface area contributed by atoms with Gasteiger partial charge in [0.05, 0.1) is 0 Å². The minimum Gasteiger partial charge on any atom is -0.317 e. The maximum atomic E-state index is 12.3. The van der Waals surface area contributed by atoms with Gasteiger partial charge in [0.15, 0.2) is 5.78 Å². The maximum absolute atomic E-state index is 12.3. The van der Waals surface area contributed by atoms with Gasteiger partial charge in [0, 0.05) is 11.5 Å². The summed E-state index contributed by atoms with van der Waals surface area (Å²) in [7, 11) is 0. The molecule has 1 unspecified atom stereocenters. The number of hydrogen-bond acceptors (Lipinski definition) is 2. The van der Waals surface area contributed by atoms with Gasteiger partial charge in [-0.25, -0.2) is 0 Å². The highest BCUT2D eigenvalue weighted by atomic mass is 16.1. The number of ketones is 1. The van der Waals surface area contributed by atoms with Crippen LogP contribution in [-0.4, -0.2) is 18.9 Å². The van der Waals surface area contributed by atoms with Crippen molar-refractivity contribution < 1.29 is 4.79 Å². The minimum atomic E-state index is 0.223. The summed E-state index contributed by atoms with van der Waals surface area (Å²) in [4.78, 5) is 12.3. The molecular weight excluding hydrogens is 222 g/mol. The molecule has 1 aromatic rings. The van der Waals surface area contributed by atoms with E-state index in [9.17, 15) is 4.79 Å². The van der Waals surface area contributed by atoms with Crippen LogP contribution in [0.1, 0.15) is 54.9 Å². The molecule has 1 atom stereocenters. The number of benzene rings is 1. The molecule has 0 aliphatic carbocycles. The summed E-state index contributed by atoms with van der Waals surface area (Å²) in [6.45, 7) is 6.37. The van der Waals surface area contributed by atoms with Crippen molar-refractivity contribution in [3.63, 3.8) is 0 Å².